The molecule has 1 saturated carbocycles. The van der Waals surface area contributed by atoms with Gasteiger partial charge in [0, 0.05) is 23.5 Å². The van der Waals surface area contributed by atoms with Gasteiger partial charge < -0.3 is 4.74 Å². The van der Waals surface area contributed by atoms with E-state index in [0.717, 1.165) is 29.8 Å². The molecule has 3 aromatic rings. The summed E-state index contributed by atoms with van der Waals surface area (Å²) in [5.41, 5.74) is 3.65. The van der Waals surface area contributed by atoms with E-state index in [9.17, 15) is 0 Å². The molecule has 1 aliphatic carbocycles. The average molecular weight is 382 g/mol. The summed E-state index contributed by atoms with van der Waals surface area (Å²) in [6.07, 6.45) is 10.6. The van der Waals surface area contributed by atoms with Gasteiger partial charge >= 0.3 is 0 Å². The number of rotatable bonds is 5. The van der Waals surface area contributed by atoms with Gasteiger partial charge in [-0.2, -0.15) is 0 Å². The summed E-state index contributed by atoms with van der Waals surface area (Å²) in [6, 6.07) is 17.3. The molecule has 3 heteroatoms. The van der Waals surface area contributed by atoms with Crippen molar-refractivity contribution >= 4 is 23.2 Å². The molecule has 1 aromatic heterocycles. The molecule has 0 aliphatic heterocycles. The van der Waals surface area contributed by atoms with Crippen LogP contribution in [0.25, 0.3) is 10.8 Å². The van der Waals surface area contributed by atoms with Gasteiger partial charge in [-0.15, -0.1) is 12.4 Å². The Hall–Kier alpha value is -2.06. The van der Waals surface area contributed by atoms with Crippen molar-refractivity contribution in [3.63, 3.8) is 0 Å². The number of aryl methyl sites for hydroxylation is 3. The fraction of sp³-hybridized carbons (Fsp3) is 0.375. The molecule has 0 saturated heterocycles. The van der Waals surface area contributed by atoms with Crippen LogP contribution in [-0.4, -0.2) is 11.1 Å². The number of ether oxygens (including phenoxy) is 1. The van der Waals surface area contributed by atoms with Crippen LogP contribution in [0.4, 0.5) is 0 Å². The maximum absolute atomic E-state index is 6.31. The maximum atomic E-state index is 6.31. The molecule has 0 radical (unpaired) electrons. The van der Waals surface area contributed by atoms with Crippen molar-refractivity contribution in [3.05, 3.63) is 71.5 Å². The Balaban J connectivity index is 0.00000210. The number of hydrogen-bond donors (Lipinski definition) is 0. The predicted octanol–water partition coefficient (Wildman–Crippen LogP) is 6.46. The third-order valence-electron chi connectivity index (χ3n) is 5.49. The van der Waals surface area contributed by atoms with E-state index in [1.54, 1.807) is 0 Å². The second-order valence-corrected chi connectivity index (χ2v) is 7.46. The molecule has 0 unspecified atom stereocenters. The second kappa shape index (κ2) is 9.23. The standard InChI is InChI=1S/C24H27NO.ClH/c1-18-17-25-21(16-24(18)26-22-11-3-2-4-12-22)15-14-20-10-7-9-19-8-5-6-13-23(19)20;/h5-10,13,16-17,22H,2-4,11-12,14-15H2,1H3;1H. The quantitative estimate of drug-likeness (QED) is 0.505. The normalized spacial score (nSPS) is 14.7. The van der Waals surface area contributed by atoms with Crippen LogP contribution in [0.2, 0.25) is 0 Å². The zero-order valence-corrected chi connectivity index (χ0v) is 16.8. The molecular weight excluding hydrogens is 354 g/mol. The molecule has 142 valence electrons. The Morgan fingerprint density at radius 2 is 1.74 bits per heavy atom. The highest BCUT2D eigenvalue weighted by Gasteiger charge is 2.16. The molecule has 1 aliphatic rings. The monoisotopic (exact) mass is 381 g/mol. The number of halogens is 1. The summed E-state index contributed by atoms with van der Waals surface area (Å²) in [6.45, 7) is 2.10. The summed E-state index contributed by atoms with van der Waals surface area (Å²) in [7, 11) is 0. The highest BCUT2D eigenvalue weighted by atomic mass is 35.5. The van der Waals surface area contributed by atoms with Gasteiger partial charge in [0.2, 0.25) is 0 Å². The van der Waals surface area contributed by atoms with E-state index < -0.39 is 0 Å². The Bertz CT molecular complexity index is 881. The largest absolute Gasteiger partial charge is 0.490 e. The number of fused-ring (bicyclic) bond motifs is 1. The lowest BCUT2D eigenvalue weighted by Crippen LogP contribution is -2.20. The van der Waals surface area contributed by atoms with Crippen molar-refractivity contribution < 1.29 is 4.74 Å². The minimum Gasteiger partial charge on any atom is -0.490 e. The first kappa shape index (κ1) is 19.7. The van der Waals surface area contributed by atoms with Gasteiger partial charge in [-0.1, -0.05) is 48.9 Å². The zero-order valence-electron chi connectivity index (χ0n) is 16.0. The fourth-order valence-corrected chi connectivity index (χ4v) is 3.95. The van der Waals surface area contributed by atoms with Gasteiger partial charge in [0.05, 0.1) is 6.10 Å². The molecule has 0 N–H and O–H groups in total. The number of aromatic nitrogens is 1. The van der Waals surface area contributed by atoms with Crippen LogP contribution in [0.1, 0.15) is 48.9 Å². The fourth-order valence-electron chi connectivity index (χ4n) is 3.95. The topological polar surface area (TPSA) is 22.1 Å². The number of benzene rings is 2. The van der Waals surface area contributed by atoms with E-state index in [1.807, 2.05) is 6.20 Å². The van der Waals surface area contributed by atoms with Crippen LogP contribution < -0.4 is 4.74 Å². The van der Waals surface area contributed by atoms with E-state index in [0.29, 0.717) is 6.10 Å². The SMILES string of the molecule is Cc1cnc(CCc2cccc3ccccc23)cc1OC1CCCCC1.Cl. The maximum Gasteiger partial charge on any atom is 0.125 e. The lowest BCUT2D eigenvalue weighted by molar-refractivity contribution is 0.153. The summed E-state index contributed by atoms with van der Waals surface area (Å²) in [5.74, 6) is 1.03. The number of nitrogens with zero attached hydrogens (tertiary/aromatic N) is 1. The molecule has 4 rings (SSSR count). The summed E-state index contributed by atoms with van der Waals surface area (Å²) < 4.78 is 6.31. The van der Waals surface area contributed by atoms with E-state index in [4.69, 9.17) is 4.74 Å². The van der Waals surface area contributed by atoms with Gasteiger partial charge in [0.25, 0.3) is 0 Å². The van der Waals surface area contributed by atoms with Gasteiger partial charge in [0.1, 0.15) is 5.75 Å². The van der Waals surface area contributed by atoms with E-state index in [-0.39, 0.29) is 12.4 Å². The van der Waals surface area contributed by atoms with Crippen LogP contribution in [0.5, 0.6) is 5.75 Å². The highest BCUT2D eigenvalue weighted by molar-refractivity contribution is 5.86. The first-order chi connectivity index (χ1) is 12.8. The third-order valence-corrected chi connectivity index (χ3v) is 5.49. The first-order valence-electron chi connectivity index (χ1n) is 9.88. The van der Waals surface area contributed by atoms with Crippen molar-refractivity contribution in [1.29, 1.82) is 0 Å². The minimum atomic E-state index is 0. The Labute approximate surface area is 168 Å². The van der Waals surface area contributed by atoms with Gasteiger partial charge in [-0.3, -0.25) is 4.98 Å². The van der Waals surface area contributed by atoms with Crippen molar-refractivity contribution in [2.24, 2.45) is 0 Å². The molecule has 27 heavy (non-hydrogen) atoms. The van der Waals surface area contributed by atoms with Crippen LogP contribution >= 0.6 is 12.4 Å². The minimum absolute atomic E-state index is 0. The van der Waals surface area contributed by atoms with Crippen molar-refractivity contribution in [2.45, 2.75) is 58.0 Å². The molecular formula is C24H28ClNO. The smallest absolute Gasteiger partial charge is 0.125 e. The molecule has 0 amide bonds. The Morgan fingerprint density at radius 3 is 2.59 bits per heavy atom. The molecule has 0 bridgehead atoms. The molecule has 2 aromatic carbocycles. The van der Waals surface area contributed by atoms with E-state index in [1.165, 1.54) is 48.4 Å². The number of hydrogen-bond acceptors (Lipinski definition) is 2. The first-order valence-corrected chi connectivity index (χ1v) is 9.88. The summed E-state index contributed by atoms with van der Waals surface area (Å²) in [5, 5.41) is 2.66. The van der Waals surface area contributed by atoms with Crippen LogP contribution in [0.15, 0.2) is 54.7 Å². The zero-order chi connectivity index (χ0) is 17.8. The van der Waals surface area contributed by atoms with E-state index >= 15 is 0 Å². The van der Waals surface area contributed by atoms with Crippen LogP contribution in [-0.2, 0) is 12.8 Å². The molecule has 1 heterocycles. The molecule has 2 nitrogen and oxygen atoms in total. The van der Waals surface area contributed by atoms with Crippen molar-refractivity contribution in [1.82, 2.24) is 4.98 Å². The lowest BCUT2D eigenvalue weighted by atomic mass is 9.97. The average Bonchev–Trinajstić information content (AvgIpc) is 2.69. The molecule has 0 atom stereocenters. The second-order valence-electron chi connectivity index (χ2n) is 7.46. The van der Waals surface area contributed by atoms with Crippen LogP contribution in [0, 0.1) is 6.92 Å². The van der Waals surface area contributed by atoms with Crippen LogP contribution in [0.3, 0.4) is 0 Å². The Kier molecular flexibility index (Phi) is 6.73. The Morgan fingerprint density at radius 1 is 0.963 bits per heavy atom. The summed E-state index contributed by atoms with van der Waals surface area (Å²) in [4.78, 5) is 4.65. The van der Waals surface area contributed by atoms with Gasteiger partial charge in [-0.05, 0) is 61.8 Å². The van der Waals surface area contributed by atoms with Gasteiger partial charge in [-0.25, -0.2) is 0 Å². The molecule has 0 spiro atoms. The van der Waals surface area contributed by atoms with Crippen molar-refractivity contribution in [3.8, 4) is 5.75 Å². The molecule has 1 fully saturated rings. The number of pyridine rings is 1. The van der Waals surface area contributed by atoms with Crippen molar-refractivity contribution in [2.75, 3.05) is 0 Å². The summed E-state index contributed by atoms with van der Waals surface area (Å²) >= 11 is 0. The lowest BCUT2D eigenvalue weighted by Gasteiger charge is -2.24. The predicted molar refractivity (Wildman–Crippen MR) is 115 cm³/mol. The van der Waals surface area contributed by atoms with E-state index in [2.05, 4.69) is 60.4 Å². The third kappa shape index (κ3) is 4.81. The highest BCUT2D eigenvalue weighted by Crippen LogP contribution is 2.27. The van der Waals surface area contributed by atoms with Gasteiger partial charge in [0.15, 0.2) is 0 Å².